The maximum atomic E-state index is 13.5. The Balaban J connectivity index is 2.11. The van der Waals surface area contributed by atoms with Crippen molar-refractivity contribution in [3.63, 3.8) is 0 Å². The molecular formula is C18H20ClFN2O2S2. The van der Waals surface area contributed by atoms with Gasteiger partial charge in [-0.05, 0) is 60.8 Å². The Labute approximate surface area is 166 Å². The topological polar surface area (TPSA) is 41.6 Å². The van der Waals surface area contributed by atoms with E-state index in [1.54, 1.807) is 23.5 Å². The van der Waals surface area contributed by atoms with Crippen LogP contribution in [0.1, 0.15) is 23.3 Å². The molecule has 1 aromatic heterocycles. The highest BCUT2D eigenvalue weighted by molar-refractivity contribution is 7.80. The number of halogens is 2. The molecule has 140 valence electrons. The number of benzene rings is 1. The van der Waals surface area contributed by atoms with Crippen LogP contribution in [0.25, 0.3) is 0 Å². The SMILES string of the molecule is COC(=O)CCCNC(=S)N(Cc1sccc1C)c1ccc(F)c(Cl)c1. The third-order valence-electron chi connectivity index (χ3n) is 3.79. The Kier molecular flexibility index (Phi) is 7.81. The summed E-state index contributed by atoms with van der Waals surface area (Å²) in [4.78, 5) is 14.2. The summed E-state index contributed by atoms with van der Waals surface area (Å²) in [7, 11) is 1.36. The van der Waals surface area contributed by atoms with Gasteiger partial charge in [0.1, 0.15) is 5.82 Å². The highest BCUT2D eigenvalue weighted by Gasteiger charge is 2.16. The lowest BCUT2D eigenvalue weighted by atomic mass is 10.2. The van der Waals surface area contributed by atoms with E-state index in [9.17, 15) is 9.18 Å². The van der Waals surface area contributed by atoms with Crippen LogP contribution in [0.2, 0.25) is 5.02 Å². The molecule has 1 N–H and O–H groups in total. The number of thiophene rings is 1. The van der Waals surface area contributed by atoms with Crippen LogP contribution in [0.3, 0.4) is 0 Å². The highest BCUT2D eigenvalue weighted by Crippen LogP contribution is 2.26. The minimum absolute atomic E-state index is 0.0453. The number of hydrogen-bond donors (Lipinski definition) is 1. The molecule has 0 fully saturated rings. The number of nitrogens with zero attached hydrogens (tertiary/aromatic N) is 1. The number of carbonyl (C=O) groups excluding carboxylic acids is 1. The summed E-state index contributed by atoms with van der Waals surface area (Å²) < 4.78 is 18.1. The van der Waals surface area contributed by atoms with Crippen LogP contribution in [-0.4, -0.2) is 24.7 Å². The van der Waals surface area contributed by atoms with Crippen molar-refractivity contribution in [2.45, 2.75) is 26.3 Å². The lowest BCUT2D eigenvalue weighted by Crippen LogP contribution is -2.40. The fraction of sp³-hybridized carbons (Fsp3) is 0.333. The molecule has 0 radical (unpaired) electrons. The van der Waals surface area contributed by atoms with Crippen molar-refractivity contribution in [2.75, 3.05) is 18.6 Å². The van der Waals surface area contributed by atoms with Crippen molar-refractivity contribution >= 4 is 51.9 Å². The Bertz CT molecular complexity index is 782. The van der Waals surface area contributed by atoms with Gasteiger partial charge in [0, 0.05) is 23.5 Å². The molecule has 2 aromatic rings. The molecule has 0 amide bonds. The number of nitrogens with one attached hydrogen (secondary N) is 1. The number of carbonyl (C=O) groups is 1. The second-order valence-corrected chi connectivity index (χ2v) is 7.42. The zero-order valence-electron chi connectivity index (χ0n) is 14.6. The average molecular weight is 415 g/mol. The number of aryl methyl sites for hydroxylation is 1. The molecule has 8 heteroatoms. The van der Waals surface area contributed by atoms with Gasteiger partial charge in [0.15, 0.2) is 5.11 Å². The molecule has 0 bridgehead atoms. The van der Waals surface area contributed by atoms with E-state index in [4.69, 9.17) is 23.8 Å². The van der Waals surface area contributed by atoms with Crippen molar-refractivity contribution in [1.82, 2.24) is 5.32 Å². The summed E-state index contributed by atoms with van der Waals surface area (Å²) in [5.41, 5.74) is 1.87. The van der Waals surface area contributed by atoms with Crippen molar-refractivity contribution in [3.8, 4) is 0 Å². The lowest BCUT2D eigenvalue weighted by molar-refractivity contribution is -0.140. The molecule has 1 heterocycles. The Morgan fingerprint density at radius 2 is 2.19 bits per heavy atom. The number of thiocarbonyl (C=S) groups is 1. The third kappa shape index (κ3) is 5.65. The third-order valence-corrected chi connectivity index (χ3v) is 5.45. The summed E-state index contributed by atoms with van der Waals surface area (Å²) in [6.07, 6.45) is 0.918. The molecule has 1 aromatic carbocycles. The van der Waals surface area contributed by atoms with E-state index in [1.807, 2.05) is 23.3 Å². The molecule has 0 saturated heterocycles. The molecule has 0 aliphatic rings. The highest BCUT2D eigenvalue weighted by atomic mass is 35.5. The largest absolute Gasteiger partial charge is 0.469 e. The molecule has 2 rings (SSSR count). The first-order valence-corrected chi connectivity index (χ1v) is 9.69. The molecule has 0 aliphatic heterocycles. The van der Waals surface area contributed by atoms with Crippen LogP contribution >= 0.6 is 35.2 Å². The van der Waals surface area contributed by atoms with E-state index in [-0.39, 0.29) is 11.0 Å². The van der Waals surface area contributed by atoms with Gasteiger partial charge in [-0.15, -0.1) is 11.3 Å². The fourth-order valence-electron chi connectivity index (χ4n) is 2.27. The van der Waals surface area contributed by atoms with Gasteiger partial charge in [0.25, 0.3) is 0 Å². The van der Waals surface area contributed by atoms with Crippen molar-refractivity contribution in [1.29, 1.82) is 0 Å². The second kappa shape index (κ2) is 9.85. The number of ether oxygens (including phenoxy) is 1. The Morgan fingerprint density at radius 1 is 1.42 bits per heavy atom. The summed E-state index contributed by atoms with van der Waals surface area (Å²) in [6.45, 7) is 3.12. The quantitative estimate of drug-likeness (QED) is 0.404. The predicted octanol–water partition coefficient (Wildman–Crippen LogP) is 4.68. The van der Waals surface area contributed by atoms with Crippen LogP contribution in [0.4, 0.5) is 10.1 Å². The van der Waals surface area contributed by atoms with Crippen molar-refractivity contribution < 1.29 is 13.9 Å². The van der Waals surface area contributed by atoms with Gasteiger partial charge in [-0.3, -0.25) is 4.79 Å². The van der Waals surface area contributed by atoms with Gasteiger partial charge in [-0.1, -0.05) is 11.6 Å². The molecule has 4 nitrogen and oxygen atoms in total. The predicted molar refractivity (Wildman–Crippen MR) is 108 cm³/mol. The fourth-order valence-corrected chi connectivity index (χ4v) is 3.61. The number of hydrogen-bond acceptors (Lipinski definition) is 4. The number of esters is 1. The molecule has 26 heavy (non-hydrogen) atoms. The van der Waals surface area contributed by atoms with Gasteiger partial charge >= 0.3 is 5.97 Å². The van der Waals surface area contributed by atoms with Crippen LogP contribution in [0.5, 0.6) is 0 Å². The minimum Gasteiger partial charge on any atom is -0.469 e. The van der Waals surface area contributed by atoms with Crippen LogP contribution in [0.15, 0.2) is 29.6 Å². The molecule has 0 spiro atoms. The lowest BCUT2D eigenvalue weighted by Gasteiger charge is -2.26. The van der Waals surface area contributed by atoms with Gasteiger partial charge in [-0.25, -0.2) is 4.39 Å². The monoisotopic (exact) mass is 414 g/mol. The maximum Gasteiger partial charge on any atom is 0.305 e. The normalized spacial score (nSPS) is 10.5. The van der Waals surface area contributed by atoms with Crippen molar-refractivity contribution in [3.05, 3.63) is 50.9 Å². The van der Waals surface area contributed by atoms with Crippen LogP contribution in [0, 0.1) is 12.7 Å². The first-order valence-electron chi connectivity index (χ1n) is 8.02. The molecule has 0 unspecified atom stereocenters. The first kappa shape index (κ1) is 20.6. The number of anilines is 1. The maximum absolute atomic E-state index is 13.5. The average Bonchev–Trinajstić information content (AvgIpc) is 3.03. The standard InChI is InChI=1S/C18H20ClFN2O2S2/c1-12-7-9-26-16(12)11-22(13-5-6-15(20)14(19)10-13)18(25)21-8-3-4-17(23)24-2/h5-7,9-10H,3-4,8,11H2,1-2H3,(H,21,25). The van der Waals surface area contributed by atoms with E-state index < -0.39 is 5.82 Å². The van der Waals surface area contributed by atoms with E-state index >= 15 is 0 Å². The van der Waals surface area contributed by atoms with Crippen LogP contribution < -0.4 is 10.2 Å². The van der Waals surface area contributed by atoms with Gasteiger partial charge in [-0.2, -0.15) is 0 Å². The first-order chi connectivity index (χ1) is 12.4. The zero-order valence-corrected chi connectivity index (χ0v) is 16.9. The smallest absolute Gasteiger partial charge is 0.305 e. The second-order valence-electron chi connectivity index (χ2n) is 5.62. The zero-order chi connectivity index (χ0) is 19.1. The molecular weight excluding hydrogens is 395 g/mol. The van der Waals surface area contributed by atoms with Gasteiger partial charge in [0.05, 0.1) is 18.7 Å². The summed E-state index contributed by atoms with van der Waals surface area (Å²) in [5.74, 6) is -0.728. The van der Waals surface area contributed by atoms with Crippen molar-refractivity contribution in [2.24, 2.45) is 0 Å². The number of methoxy groups -OCH3 is 1. The summed E-state index contributed by atoms with van der Waals surface area (Å²) in [6, 6.07) is 6.57. The molecule has 0 saturated carbocycles. The Hall–Kier alpha value is -1.70. The van der Waals surface area contributed by atoms with E-state index in [1.165, 1.54) is 18.7 Å². The van der Waals surface area contributed by atoms with E-state index in [0.717, 1.165) is 4.88 Å². The summed E-state index contributed by atoms with van der Waals surface area (Å²) in [5, 5.41) is 5.70. The number of rotatable bonds is 7. The molecule has 0 aliphatic carbocycles. The van der Waals surface area contributed by atoms with E-state index in [2.05, 4.69) is 10.1 Å². The summed E-state index contributed by atoms with van der Waals surface area (Å²) >= 11 is 13.1. The minimum atomic E-state index is -0.473. The molecule has 0 atom stereocenters. The van der Waals surface area contributed by atoms with Crippen LogP contribution in [-0.2, 0) is 16.1 Å². The van der Waals surface area contributed by atoms with Gasteiger partial charge < -0.3 is 15.0 Å². The van der Waals surface area contributed by atoms with Gasteiger partial charge in [0.2, 0.25) is 0 Å². The Morgan fingerprint density at radius 3 is 2.81 bits per heavy atom. The van der Waals surface area contributed by atoms with E-state index in [0.29, 0.717) is 36.7 Å².